The van der Waals surface area contributed by atoms with Crippen molar-refractivity contribution in [3.63, 3.8) is 0 Å². The molecule has 15 heavy (non-hydrogen) atoms. The van der Waals surface area contributed by atoms with Gasteiger partial charge in [-0.15, -0.1) is 0 Å². The lowest BCUT2D eigenvalue weighted by atomic mass is 9.95. The molecule has 0 amide bonds. The fourth-order valence-corrected chi connectivity index (χ4v) is 1.36. The van der Waals surface area contributed by atoms with E-state index in [4.69, 9.17) is 5.11 Å². The maximum Gasteiger partial charge on any atom is 0.0319 e. The largest absolute Gasteiger partial charge is 0.400 e. The van der Waals surface area contributed by atoms with Gasteiger partial charge in [0.15, 0.2) is 0 Å². The second kappa shape index (κ2) is 11.3. The van der Waals surface area contributed by atoms with Gasteiger partial charge in [0.2, 0.25) is 0 Å². The van der Waals surface area contributed by atoms with Crippen LogP contribution in [0.25, 0.3) is 0 Å². The lowest BCUT2D eigenvalue weighted by molar-refractivity contribution is 0.399. The first-order valence-electron chi connectivity index (χ1n) is 5.76. The first-order chi connectivity index (χ1) is 7.25. The highest BCUT2D eigenvalue weighted by molar-refractivity contribution is 5.28. The topological polar surface area (TPSA) is 20.2 Å². The Bertz CT molecular complexity index is 231. The molecule has 0 radical (unpaired) electrons. The number of hydrogen-bond acceptors (Lipinski definition) is 1. The van der Waals surface area contributed by atoms with E-state index in [-0.39, 0.29) is 0 Å². The Balaban J connectivity index is 0. The fourth-order valence-electron chi connectivity index (χ4n) is 1.36. The van der Waals surface area contributed by atoms with Gasteiger partial charge in [-0.1, -0.05) is 52.0 Å². The zero-order valence-corrected chi connectivity index (χ0v) is 11.0. The summed E-state index contributed by atoms with van der Waals surface area (Å²) in [5.41, 5.74) is 2.91. The van der Waals surface area contributed by atoms with Gasteiger partial charge >= 0.3 is 0 Å². The average molecular weight is 210 g/mol. The van der Waals surface area contributed by atoms with E-state index < -0.39 is 0 Å². The first-order valence-corrected chi connectivity index (χ1v) is 5.76. The Morgan fingerprint density at radius 3 is 2.00 bits per heavy atom. The Kier molecular flexibility index (Phi) is 12.5. The molecule has 0 fully saturated rings. The van der Waals surface area contributed by atoms with Crippen molar-refractivity contribution < 1.29 is 5.11 Å². The number of aryl methyl sites for hydroxylation is 1. The molecule has 88 valence electrons. The van der Waals surface area contributed by atoms with Gasteiger partial charge in [-0.3, -0.25) is 0 Å². The number of benzene rings is 1. The minimum Gasteiger partial charge on any atom is -0.400 e. The Morgan fingerprint density at radius 1 is 1.13 bits per heavy atom. The van der Waals surface area contributed by atoms with E-state index in [1.165, 1.54) is 17.5 Å². The van der Waals surface area contributed by atoms with Gasteiger partial charge in [0.1, 0.15) is 0 Å². The number of aliphatic hydroxyl groups is 1. The molecule has 1 aromatic carbocycles. The van der Waals surface area contributed by atoms with Crippen LogP contribution in [0, 0.1) is 6.92 Å². The summed E-state index contributed by atoms with van der Waals surface area (Å²) in [6, 6.07) is 8.63. The van der Waals surface area contributed by atoms with E-state index in [1.54, 1.807) is 0 Å². The monoisotopic (exact) mass is 210 g/mol. The second-order valence-corrected chi connectivity index (χ2v) is 3.17. The number of rotatable bonds is 2. The minimum atomic E-state index is 0.705. The summed E-state index contributed by atoms with van der Waals surface area (Å²) in [6.45, 7) is 10.7. The Hall–Kier alpha value is -0.820. The third-order valence-electron chi connectivity index (χ3n) is 2.33. The molecule has 1 N–H and O–H groups in total. The minimum absolute atomic E-state index is 0.705. The van der Waals surface area contributed by atoms with E-state index in [2.05, 4.69) is 45.0 Å². The summed E-state index contributed by atoms with van der Waals surface area (Å²) in [5, 5.41) is 7.00. The standard InChI is InChI=1S/C11H16.C2H6.CH4O/c1-4-9(2)11-8-6-5-7-10(11)3;2*1-2/h5-9H,4H2,1-3H3;1-2H3;2H,1H3. The summed E-state index contributed by atoms with van der Waals surface area (Å²) in [6.07, 6.45) is 1.23. The first kappa shape index (κ1) is 16.6. The summed E-state index contributed by atoms with van der Waals surface area (Å²) in [5.74, 6) is 0.705. The van der Waals surface area contributed by atoms with Crippen molar-refractivity contribution in [2.45, 2.75) is 47.0 Å². The predicted octanol–water partition coefficient (Wildman–Crippen LogP) is 4.14. The molecule has 0 aliphatic rings. The SMILES string of the molecule is CC.CCC(C)c1ccccc1C.CO. The van der Waals surface area contributed by atoms with Gasteiger partial charge in [0.05, 0.1) is 0 Å². The van der Waals surface area contributed by atoms with Crippen LogP contribution < -0.4 is 0 Å². The van der Waals surface area contributed by atoms with Gasteiger partial charge in [-0.25, -0.2) is 0 Å². The zero-order chi connectivity index (χ0) is 12.3. The molecule has 0 saturated heterocycles. The molecular formula is C14H26O. The highest BCUT2D eigenvalue weighted by Crippen LogP contribution is 2.21. The van der Waals surface area contributed by atoms with Gasteiger partial charge in [-0.2, -0.15) is 0 Å². The molecule has 1 atom stereocenters. The number of hydrogen-bond donors (Lipinski definition) is 1. The lowest BCUT2D eigenvalue weighted by Crippen LogP contribution is -1.93. The van der Waals surface area contributed by atoms with Gasteiger partial charge < -0.3 is 5.11 Å². The zero-order valence-electron chi connectivity index (χ0n) is 11.0. The van der Waals surface area contributed by atoms with Crippen LogP contribution in [0.3, 0.4) is 0 Å². The van der Waals surface area contributed by atoms with Crippen LogP contribution >= 0.6 is 0 Å². The molecule has 0 aromatic heterocycles. The molecule has 0 saturated carbocycles. The molecule has 1 nitrogen and oxygen atoms in total. The molecule has 0 bridgehead atoms. The van der Waals surface area contributed by atoms with Crippen LogP contribution in [0.15, 0.2) is 24.3 Å². The third-order valence-corrected chi connectivity index (χ3v) is 2.33. The third kappa shape index (κ3) is 6.29. The van der Waals surface area contributed by atoms with E-state index in [0.29, 0.717) is 5.92 Å². The summed E-state index contributed by atoms with van der Waals surface area (Å²) in [7, 11) is 1.00. The van der Waals surface area contributed by atoms with E-state index in [1.807, 2.05) is 13.8 Å². The second-order valence-electron chi connectivity index (χ2n) is 3.17. The molecule has 0 spiro atoms. The van der Waals surface area contributed by atoms with Crippen molar-refractivity contribution in [1.29, 1.82) is 0 Å². The molecule has 0 aliphatic heterocycles. The van der Waals surface area contributed by atoms with Crippen molar-refractivity contribution in [3.8, 4) is 0 Å². The van der Waals surface area contributed by atoms with Crippen molar-refractivity contribution >= 4 is 0 Å². The molecule has 0 heterocycles. The van der Waals surface area contributed by atoms with Gasteiger partial charge in [0.25, 0.3) is 0 Å². The normalized spacial score (nSPS) is 10.3. The Labute approximate surface area is 95.2 Å². The van der Waals surface area contributed by atoms with E-state index in [0.717, 1.165) is 7.11 Å². The van der Waals surface area contributed by atoms with Crippen molar-refractivity contribution in [3.05, 3.63) is 35.4 Å². The molecule has 1 unspecified atom stereocenters. The molecule has 1 heteroatoms. The smallest absolute Gasteiger partial charge is 0.0319 e. The van der Waals surface area contributed by atoms with Crippen molar-refractivity contribution in [2.24, 2.45) is 0 Å². The Morgan fingerprint density at radius 2 is 1.60 bits per heavy atom. The predicted molar refractivity (Wildman–Crippen MR) is 69.4 cm³/mol. The van der Waals surface area contributed by atoms with Crippen LogP contribution in [-0.4, -0.2) is 12.2 Å². The van der Waals surface area contributed by atoms with Crippen LogP contribution in [0.2, 0.25) is 0 Å². The van der Waals surface area contributed by atoms with Crippen LogP contribution in [0.5, 0.6) is 0 Å². The summed E-state index contributed by atoms with van der Waals surface area (Å²) >= 11 is 0. The van der Waals surface area contributed by atoms with Gasteiger partial charge in [-0.05, 0) is 30.4 Å². The summed E-state index contributed by atoms with van der Waals surface area (Å²) in [4.78, 5) is 0. The van der Waals surface area contributed by atoms with E-state index in [9.17, 15) is 0 Å². The maximum atomic E-state index is 7.00. The van der Waals surface area contributed by atoms with Crippen molar-refractivity contribution in [1.82, 2.24) is 0 Å². The van der Waals surface area contributed by atoms with Crippen LogP contribution in [0.4, 0.5) is 0 Å². The molecule has 1 rings (SSSR count). The average Bonchev–Trinajstić information content (AvgIpc) is 2.34. The van der Waals surface area contributed by atoms with Crippen molar-refractivity contribution in [2.75, 3.05) is 7.11 Å². The number of aliphatic hydroxyl groups excluding tert-OH is 1. The molecular weight excluding hydrogens is 184 g/mol. The van der Waals surface area contributed by atoms with Gasteiger partial charge in [0, 0.05) is 7.11 Å². The molecule has 0 aliphatic carbocycles. The van der Waals surface area contributed by atoms with E-state index >= 15 is 0 Å². The highest BCUT2D eigenvalue weighted by atomic mass is 16.2. The van der Waals surface area contributed by atoms with Crippen LogP contribution in [0.1, 0.15) is 51.2 Å². The summed E-state index contributed by atoms with van der Waals surface area (Å²) < 4.78 is 0. The molecule has 1 aromatic rings. The lowest BCUT2D eigenvalue weighted by Gasteiger charge is -2.11. The highest BCUT2D eigenvalue weighted by Gasteiger charge is 2.03. The quantitative estimate of drug-likeness (QED) is 0.777. The maximum absolute atomic E-state index is 7.00. The fraction of sp³-hybridized carbons (Fsp3) is 0.571. The van der Waals surface area contributed by atoms with Crippen LogP contribution in [-0.2, 0) is 0 Å².